The van der Waals surface area contributed by atoms with E-state index in [0.29, 0.717) is 6.04 Å². The normalized spacial score (nSPS) is 21.5. The highest BCUT2D eigenvalue weighted by atomic mass is 16.2. The SMILES string of the molecule is CC(=O)N1CC2(CCN(C3CCN(c4cnc(C)c(C)n4)CC3)CC2)c2ccccc21. The number of carbonyl (C=O) groups excluding carboxylic acids is 1. The minimum atomic E-state index is 0.133. The fourth-order valence-electron chi connectivity index (χ4n) is 5.80. The van der Waals surface area contributed by atoms with E-state index in [9.17, 15) is 4.79 Å². The molecule has 164 valence electrons. The summed E-state index contributed by atoms with van der Waals surface area (Å²) in [7, 11) is 0. The van der Waals surface area contributed by atoms with Gasteiger partial charge in [-0.15, -0.1) is 0 Å². The van der Waals surface area contributed by atoms with E-state index in [4.69, 9.17) is 4.98 Å². The van der Waals surface area contributed by atoms with Crippen LogP contribution < -0.4 is 9.80 Å². The van der Waals surface area contributed by atoms with Gasteiger partial charge in [-0.1, -0.05) is 18.2 Å². The molecule has 6 nitrogen and oxygen atoms in total. The van der Waals surface area contributed by atoms with Gasteiger partial charge in [-0.05, 0) is 64.3 Å². The summed E-state index contributed by atoms with van der Waals surface area (Å²) in [6.07, 6.45) is 6.55. The Bertz CT molecular complexity index is 974. The third kappa shape index (κ3) is 3.61. The van der Waals surface area contributed by atoms with Gasteiger partial charge in [-0.3, -0.25) is 9.78 Å². The molecule has 1 aromatic heterocycles. The molecule has 0 saturated carbocycles. The lowest BCUT2D eigenvalue weighted by Crippen LogP contribution is -2.52. The smallest absolute Gasteiger partial charge is 0.223 e. The molecule has 0 atom stereocenters. The number of nitrogens with zero attached hydrogens (tertiary/aromatic N) is 5. The molecule has 5 rings (SSSR count). The van der Waals surface area contributed by atoms with Crippen LogP contribution in [0.3, 0.4) is 0 Å². The second-order valence-corrected chi connectivity index (χ2v) is 9.56. The first-order valence-electron chi connectivity index (χ1n) is 11.6. The second-order valence-electron chi connectivity index (χ2n) is 9.56. The first-order chi connectivity index (χ1) is 15.0. The summed E-state index contributed by atoms with van der Waals surface area (Å²) in [6.45, 7) is 10.9. The molecule has 0 N–H and O–H groups in total. The molecule has 3 aliphatic heterocycles. The molecule has 0 unspecified atom stereocenters. The van der Waals surface area contributed by atoms with Crippen LogP contribution in [0.5, 0.6) is 0 Å². The van der Waals surface area contributed by atoms with Gasteiger partial charge in [0.2, 0.25) is 5.91 Å². The summed E-state index contributed by atoms with van der Waals surface area (Å²) in [5.74, 6) is 1.18. The predicted octanol–water partition coefficient (Wildman–Crippen LogP) is 3.46. The van der Waals surface area contributed by atoms with Gasteiger partial charge in [0.1, 0.15) is 5.82 Å². The van der Waals surface area contributed by atoms with Crippen molar-refractivity contribution in [2.45, 2.75) is 57.9 Å². The van der Waals surface area contributed by atoms with Crippen LogP contribution in [0.15, 0.2) is 30.5 Å². The zero-order valence-electron chi connectivity index (χ0n) is 19.0. The number of amides is 1. The molecule has 2 saturated heterocycles. The van der Waals surface area contributed by atoms with Crippen LogP contribution >= 0.6 is 0 Å². The molecular weight excluding hydrogens is 386 g/mol. The van der Waals surface area contributed by atoms with Crippen LogP contribution in [0.25, 0.3) is 0 Å². The summed E-state index contributed by atoms with van der Waals surface area (Å²) in [5.41, 5.74) is 4.68. The Balaban J connectivity index is 1.22. The lowest BCUT2D eigenvalue weighted by atomic mass is 9.74. The van der Waals surface area contributed by atoms with Crippen LogP contribution in [-0.4, -0.2) is 59.5 Å². The zero-order valence-corrected chi connectivity index (χ0v) is 19.0. The Morgan fingerprint density at radius 1 is 1.03 bits per heavy atom. The maximum Gasteiger partial charge on any atom is 0.223 e. The molecule has 31 heavy (non-hydrogen) atoms. The summed E-state index contributed by atoms with van der Waals surface area (Å²) in [5, 5.41) is 0. The molecule has 1 aromatic carbocycles. The first-order valence-corrected chi connectivity index (χ1v) is 11.6. The van der Waals surface area contributed by atoms with Crippen molar-refractivity contribution in [3.63, 3.8) is 0 Å². The molecule has 0 radical (unpaired) electrons. The molecule has 0 aliphatic carbocycles. The van der Waals surface area contributed by atoms with Gasteiger partial charge in [0.15, 0.2) is 0 Å². The molecule has 2 aromatic rings. The van der Waals surface area contributed by atoms with Gasteiger partial charge >= 0.3 is 0 Å². The standard InChI is InChI=1S/C25H33N5O/c1-18-19(2)27-24(16-26-18)29-12-8-21(9-13-29)28-14-10-25(11-15-28)17-30(20(3)31)23-7-5-4-6-22(23)25/h4-7,16,21H,8-15,17H2,1-3H3. The van der Waals surface area contributed by atoms with Gasteiger partial charge in [0.25, 0.3) is 0 Å². The van der Waals surface area contributed by atoms with Crippen molar-refractivity contribution in [3.05, 3.63) is 47.4 Å². The predicted molar refractivity (Wildman–Crippen MR) is 124 cm³/mol. The number of hydrogen-bond acceptors (Lipinski definition) is 5. The molecule has 2 fully saturated rings. The van der Waals surface area contributed by atoms with Crippen molar-refractivity contribution >= 4 is 17.4 Å². The highest BCUT2D eigenvalue weighted by Gasteiger charge is 2.46. The molecule has 6 heteroatoms. The third-order valence-corrected chi connectivity index (χ3v) is 7.85. The molecule has 4 heterocycles. The van der Waals surface area contributed by atoms with E-state index in [1.807, 2.05) is 24.9 Å². The highest BCUT2D eigenvalue weighted by Crippen LogP contribution is 2.47. The van der Waals surface area contributed by atoms with E-state index in [-0.39, 0.29) is 11.3 Å². The summed E-state index contributed by atoms with van der Waals surface area (Å²) >= 11 is 0. The molecular formula is C25H33N5O. The topological polar surface area (TPSA) is 52.6 Å². The number of rotatable bonds is 2. The number of anilines is 2. The number of piperidine rings is 2. The maximum atomic E-state index is 12.2. The number of aryl methyl sites for hydroxylation is 2. The van der Waals surface area contributed by atoms with Gasteiger partial charge in [0.05, 0.1) is 17.6 Å². The Morgan fingerprint density at radius 3 is 2.42 bits per heavy atom. The number of likely N-dealkylation sites (tertiary alicyclic amines) is 1. The lowest BCUT2D eigenvalue weighted by Gasteiger charge is -2.45. The van der Waals surface area contributed by atoms with Gasteiger partial charge < -0.3 is 14.7 Å². The fourth-order valence-corrected chi connectivity index (χ4v) is 5.80. The van der Waals surface area contributed by atoms with Crippen molar-refractivity contribution in [1.29, 1.82) is 0 Å². The van der Waals surface area contributed by atoms with E-state index in [2.05, 4.69) is 39.0 Å². The summed E-state index contributed by atoms with van der Waals surface area (Å²) in [6, 6.07) is 9.19. The number of aromatic nitrogens is 2. The Morgan fingerprint density at radius 2 is 1.74 bits per heavy atom. The van der Waals surface area contributed by atoms with E-state index < -0.39 is 0 Å². The second kappa shape index (κ2) is 7.90. The minimum Gasteiger partial charge on any atom is -0.355 e. The zero-order chi connectivity index (χ0) is 21.6. The number of para-hydroxylation sites is 1. The van der Waals surface area contributed by atoms with E-state index in [1.165, 1.54) is 18.4 Å². The Kier molecular flexibility index (Phi) is 5.21. The van der Waals surface area contributed by atoms with Crippen LogP contribution in [0, 0.1) is 13.8 Å². The molecule has 1 spiro atoms. The van der Waals surface area contributed by atoms with E-state index >= 15 is 0 Å². The number of hydrogen-bond donors (Lipinski definition) is 0. The quantitative estimate of drug-likeness (QED) is 0.746. The molecule has 0 bridgehead atoms. The van der Waals surface area contributed by atoms with Crippen molar-refractivity contribution in [3.8, 4) is 0 Å². The average molecular weight is 420 g/mol. The van der Waals surface area contributed by atoms with Gasteiger partial charge in [0, 0.05) is 43.7 Å². The third-order valence-electron chi connectivity index (χ3n) is 7.85. The van der Waals surface area contributed by atoms with Crippen molar-refractivity contribution in [2.75, 3.05) is 42.5 Å². The van der Waals surface area contributed by atoms with Crippen LogP contribution in [0.2, 0.25) is 0 Å². The van der Waals surface area contributed by atoms with E-state index in [0.717, 1.165) is 68.5 Å². The van der Waals surface area contributed by atoms with Crippen LogP contribution in [0.1, 0.15) is 49.6 Å². The highest BCUT2D eigenvalue weighted by molar-refractivity contribution is 5.94. The van der Waals surface area contributed by atoms with Crippen molar-refractivity contribution in [1.82, 2.24) is 14.9 Å². The average Bonchev–Trinajstić information content (AvgIpc) is 3.11. The molecule has 3 aliphatic rings. The van der Waals surface area contributed by atoms with Crippen LogP contribution in [0.4, 0.5) is 11.5 Å². The fraction of sp³-hybridized carbons (Fsp3) is 0.560. The summed E-state index contributed by atoms with van der Waals surface area (Å²) in [4.78, 5) is 28.6. The van der Waals surface area contributed by atoms with E-state index in [1.54, 1.807) is 6.92 Å². The minimum absolute atomic E-state index is 0.133. The Hall–Kier alpha value is -2.47. The number of carbonyl (C=O) groups is 1. The van der Waals surface area contributed by atoms with Gasteiger partial charge in [-0.25, -0.2) is 4.98 Å². The van der Waals surface area contributed by atoms with Crippen LogP contribution in [-0.2, 0) is 10.2 Å². The summed E-state index contributed by atoms with van der Waals surface area (Å²) < 4.78 is 0. The Labute approximate surface area is 185 Å². The number of benzene rings is 1. The van der Waals surface area contributed by atoms with Crippen molar-refractivity contribution in [2.24, 2.45) is 0 Å². The monoisotopic (exact) mass is 419 g/mol. The first kappa shape index (κ1) is 20.4. The lowest BCUT2D eigenvalue weighted by molar-refractivity contribution is -0.116. The van der Waals surface area contributed by atoms with Gasteiger partial charge in [-0.2, -0.15) is 0 Å². The maximum absolute atomic E-state index is 12.2. The largest absolute Gasteiger partial charge is 0.355 e. The van der Waals surface area contributed by atoms with Crippen molar-refractivity contribution < 1.29 is 4.79 Å². The number of fused-ring (bicyclic) bond motifs is 2. The molecule has 1 amide bonds.